The zero-order valence-electron chi connectivity index (χ0n) is 18.4. The first-order valence-electron chi connectivity index (χ1n) is 10.9. The zero-order chi connectivity index (χ0) is 21.5. The first kappa shape index (κ1) is 19.8. The quantitative estimate of drug-likeness (QED) is 0.733. The molecule has 0 spiro atoms. The van der Waals surface area contributed by atoms with E-state index in [0.717, 1.165) is 59.2 Å². The average Bonchev–Trinajstić information content (AvgIpc) is 3.13. The SMILES string of the molecule is CC1=CC(C2CCN(C)CC2)=CN2C(=O)/C=C(c3ccc4c(cnn4C)c3)\C=C\C=C12. The minimum absolute atomic E-state index is 0.00485. The maximum atomic E-state index is 13.4. The van der Waals surface area contributed by atoms with Gasteiger partial charge in [0.25, 0.3) is 5.91 Å². The Balaban J connectivity index is 1.49. The molecule has 3 aliphatic rings. The summed E-state index contributed by atoms with van der Waals surface area (Å²) in [5.74, 6) is 0.507. The molecule has 4 heterocycles. The summed E-state index contributed by atoms with van der Waals surface area (Å²) in [7, 11) is 4.12. The van der Waals surface area contributed by atoms with Gasteiger partial charge in [0.2, 0.25) is 0 Å². The summed E-state index contributed by atoms with van der Waals surface area (Å²) in [6.45, 7) is 4.31. The van der Waals surface area contributed by atoms with E-state index in [9.17, 15) is 4.79 Å². The number of carbonyl (C=O) groups is 1. The highest BCUT2D eigenvalue weighted by atomic mass is 16.2. The van der Waals surface area contributed by atoms with E-state index >= 15 is 0 Å². The lowest BCUT2D eigenvalue weighted by Gasteiger charge is -2.34. The molecule has 0 unspecified atom stereocenters. The van der Waals surface area contributed by atoms with Gasteiger partial charge >= 0.3 is 0 Å². The van der Waals surface area contributed by atoms with E-state index in [2.05, 4.69) is 54.4 Å². The monoisotopic (exact) mass is 412 g/mol. The fourth-order valence-corrected chi connectivity index (χ4v) is 4.75. The van der Waals surface area contributed by atoms with Crippen molar-refractivity contribution in [3.05, 3.63) is 83.4 Å². The van der Waals surface area contributed by atoms with Gasteiger partial charge in [0, 0.05) is 24.7 Å². The van der Waals surface area contributed by atoms with Crippen LogP contribution in [0.3, 0.4) is 0 Å². The van der Waals surface area contributed by atoms with Crippen molar-refractivity contribution in [1.29, 1.82) is 0 Å². The van der Waals surface area contributed by atoms with Gasteiger partial charge in [-0.25, -0.2) is 0 Å². The van der Waals surface area contributed by atoms with Crippen LogP contribution in [0.15, 0.2) is 77.8 Å². The predicted molar refractivity (Wildman–Crippen MR) is 125 cm³/mol. The molecule has 31 heavy (non-hydrogen) atoms. The topological polar surface area (TPSA) is 41.4 Å². The van der Waals surface area contributed by atoms with Gasteiger partial charge in [-0.2, -0.15) is 5.10 Å². The smallest absolute Gasteiger partial charge is 0.255 e. The molecule has 1 saturated heterocycles. The first-order chi connectivity index (χ1) is 15.0. The average molecular weight is 413 g/mol. The fourth-order valence-electron chi connectivity index (χ4n) is 4.75. The lowest BCUT2D eigenvalue weighted by atomic mass is 9.86. The molecule has 2 aromatic rings. The van der Waals surface area contributed by atoms with E-state index in [1.54, 1.807) is 6.08 Å². The molecule has 3 aliphatic heterocycles. The number of amides is 1. The zero-order valence-corrected chi connectivity index (χ0v) is 18.4. The highest BCUT2D eigenvalue weighted by Gasteiger charge is 2.26. The summed E-state index contributed by atoms with van der Waals surface area (Å²) in [6, 6.07) is 6.21. The molecule has 0 radical (unpaired) electrons. The van der Waals surface area contributed by atoms with Gasteiger partial charge < -0.3 is 4.90 Å². The van der Waals surface area contributed by atoms with Gasteiger partial charge in [0.15, 0.2) is 0 Å². The Hall–Kier alpha value is -3.18. The number of aromatic nitrogens is 2. The second kappa shape index (κ2) is 7.82. The summed E-state index contributed by atoms with van der Waals surface area (Å²) < 4.78 is 1.86. The molecule has 1 fully saturated rings. The van der Waals surface area contributed by atoms with Crippen LogP contribution in [0, 0.1) is 5.92 Å². The van der Waals surface area contributed by atoms with E-state index in [1.165, 1.54) is 5.57 Å². The van der Waals surface area contributed by atoms with Crippen molar-refractivity contribution in [2.45, 2.75) is 19.8 Å². The lowest BCUT2D eigenvalue weighted by molar-refractivity contribution is -0.122. The number of fused-ring (bicyclic) bond motifs is 2. The van der Waals surface area contributed by atoms with Crippen LogP contribution in [-0.4, -0.2) is 45.6 Å². The second-order valence-electron chi connectivity index (χ2n) is 8.79. The third kappa shape index (κ3) is 3.70. The third-order valence-electron chi connectivity index (χ3n) is 6.64. The summed E-state index contributed by atoms with van der Waals surface area (Å²) in [4.78, 5) is 17.6. The van der Waals surface area contributed by atoms with Crippen LogP contribution < -0.4 is 0 Å². The molecule has 1 amide bonds. The summed E-state index contributed by atoms with van der Waals surface area (Å²) in [6.07, 6.45) is 16.3. The van der Waals surface area contributed by atoms with E-state index in [-0.39, 0.29) is 5.91 Å². The minimum atomic E-state index is -0.00485. The Morgan fingerprint density at radius 2 is 1.90 bits per heavy atom. The normalized spacial score (nSPS) is 23.3. The molecule has 158 valence electrons. The van der Waals surface area contributed by atoms with E-state index < -0.39 is 0 Å². The molecule has 0 N–H and O–H groups in total. The molecule has 5 heteroatoms. The number of piperidine rings is 1. The second-order valence-corrected chi connectivity index (χ2v) is 8.79. The molecular weight excluding hydrogens is 384 g/mol. The largest absolute Gasteiger partial charge is 0.306 e. The van der Waals surface area contributed by atoms with Crippen molar-refractivity contribution >= 4 is 22.4 Å². The van der Waals surface area contributed by atoms with Gasteiger partial charge in [0.1, 0.15) is 0 Å². The van der Waals surface area contributed by atoms with Crippen LogP contribution in [0.25, 0.3) is 16.5 Å². The van der Waals surface area contributed by atoms with Crippen LogP contribution in [0.4, 0.5) is 0 Å². The molecule has 5 rings (SSSR count). The number of hydrogen-bond donors (Lipinski definition) is 0. The summed E-state index contributed by atoms with van der Waals surface area (Å²) >= 11 is 0. The Kier molecular flexibility index (Phi) is 4.98. The van der Waals surface area contributed by atoms with E-state index in [4.69, 9.17) is 0 Å². The van der Waals surface area contributed by atoms with Crippen LogP contribution in [0.5, 0.6) is 0 Å². The summed E-state index contributed by atoms with van der Waals surface area (Å²) in [5.41, 5.74) is 6.37. The molecule has 1 aromatic heterocycles. The molecule has 5 nitrogen and oxygen atoms in total. The highest BCUT2D eigenvalue weighted by molar-refractivity contribution is 6.01. The van der Waals surface area contributed by atoms with Gasteiger partial charge in [-0.1, -0.05) is 24.3 Å². The van der Waals surface area contributed by atoms with Crippen molar-refractivity contribution in [2.24, 2.45) is 13.0 Å². The van der Waals surface area contributed by atoms with Crippen molar-refractivity contribution in [3.63, 3.8) is 0 Å². The van der Waals surface area contributed by atoms with E-state index in [1.807, 2.05) is 41.1 Å². The maximum Gasteiger partial charge on any atom is 0.255 e. The van der Waals surface area contributed by atoms with Crippen LogP contribution in [-0.2, 0) is 11.8 Å². The van der Waals surface area contributed by atoms with Gasteiger partial charge in [0.05, 0.1) is 17.4 Å². The molecule has 0 bridgehead atoms. The predicted octanol–water partition coefficient (Wildman–Crippen LogP) is 4.42. The number of carbonyl (C=O) groups excluding carboxylic acids is 1. The van der Waals surface area contributed by atoms with Crippen molar-refractivity contribution < 1.29 is 4.79 Å². The molecular formula is C26H28N4O. The van der Waals surface area contributed by atoms with Crippen molar-refractivity contribution in [1.82, 2.24) is 19.6 Å². The summed E-state index contributed by atoms with van der Waals surface area (Å²) in [5, 5.41) is 5.40. The fraction of sp³-hybridized carbons (Fsp3) is 0.308. The van der Waals surface area contributed by atoms with Crippen molar-refractivity contribution in [3.8, 4) is 0 Å². The Morgan fingerprint density at radius 3 is 2.71 bits per heavy atom. The van der Waals surface area contributed by atoms with Crippen molar-refractivity contribution in [2.75, 3.05) is 20.1 Å². The van der Waals surface area contributed by atoms with Gasteiger partial charge in [-0.3, -0.25) is 14.4 Å². The number of rotatable bonds is 2. The van der Waals surface area contributed by atoms with Gasteiger partial charge in [-0.05, 0) is 86.3 Å². The number of likely N-dealkylation sites (tertiary alicyclic amines) is 1. The Bertz CT molecular complexity index is 1200. The Labute approximate surface area is 183 Å². The number of hydrogen-bond acceptors (Lipinski definition) is 3. The van der Waals surface area contributed by atoms with E-state index in [0.29, 0.717) is 5.92 Å². The van der Waals surface area contributed by atoms with Crippen LogP contribution in [0.2, 0.25) is 0 Å². The number of aryl methyl sites for hydroxylation is 1. The molecule has 0 atom stereocenters. The molecule has 0 saturated carbocycles. The molecule has 0 aliphatic carbocycles. The van der Waals surface area contributed by atoms with Crippen LogP contribution >= 0.6 is 0 Å². The Morgan fingerprint density at radius 1 is 1.10 bits per heavy atom. The van der Waals surface area contributed by atoms with Gasteiger partial charge in [-0.15, -0.1) is 0 Å². The standard InChI is InChI=1S/C26H28N4O/c1-18-13-23(19-9-11-28(2)12-10-19)17-30-24(18)6-4-5-20(15-26(30)31)21-7-8-25-22(14-21)16-27-29(25)3/h4-8,13-17,19H,9-12H2,1-3H3/b5-4+,20-15+,24-6?. The minimum Gasteiger partial charge on any atom is -0.306 e. The third-order valence-corrected chi connectivity index (χ3v) is 6.64. The first-order valence-corrected chi connectivity index (χ1v) is 10.9. The molecule has 1 aromatic carbocycles. The highest BCUT2D eigenvalue weighted by Crippen LogP contribution is 2.34. The number of benzene rings is 1. The maximum absolute atomic E-state index is 13.4. The number of allylic oxidation sites excluding steroid dienone is 7. The number of nitrogens with zero attached hydrogens (tertiary/aromatic N) is 4. The lowest BCUT2D eigenvalue weighted by Crippen LogP contribution is -2.33. The van der Waals surface area contributed by atoms with Crippen LogP contribution in [0.1, 0.15) is 25.3 Å².